The van der Waals surface area contributed by atoms with Crippen molar-refractivity contribution in [3.63, 3.8) is 0 Å². The van der Waals surface area contributed by atoms with Crippen LogP contribution in [0.15, 0.2) is 48.5 Å². The van der Waals surface area contributed by atoms with E-state index in [2.05, 4.69) is 11.8 Å². The molecular weight excluding hydrogens is 250 g/mol. The molecule has 0 fully saturated rings. The quantitative estimate of drug-likeness (QED) is 0.438. The zero-order chi connectivity index (χ0) is 15.0. The normalized spacial score (nSPS) is 8.75. The molecule has 0 aliphatic rings. The standard InChI is InChI=1S/C15H11NO2.C2H6/c1-12-7-8-14(11-15(12)16(17)18)10-9-13-5-3-2-4-6-13;1-2/h2-8,11H,1H3;1-2H3. The van der Waals surface area contributed by atoms with Crippen molar-refractivity contribution >= 4 is 5.69 Å². The summed E-state index contributed by atoms with van der Waals surface area (Å²) < 4.78 is 0. The third kappa shape index (κ3) is 4.25. The van der Waals surface area contributed by atoms with Crippen LogP contribution in [-0.4, -0.2) is 4.92 Å². The van der Waals surface area contributed by atoms with Gasteiger partial charge in [-0.1, -0.05) is 50.0 Å². The summed E-state index contributed by atoms with van der Waals surface area (Å²) in [4.78, 5) is 10.4. The van der Waals surface area contributed by atoms with Gasteiger partial charge in [-0.2, -0.15) is 0 Å². The minimum atomic E-state index is -0.386. The fraction of sp³-hybridized carbons (Fsp3) is 0.176. The largest absolute Gasteiger partial charge is 0.273 e. The summed E-state index contributed by atoms with van der Waals surface area (Å²) in [7, 11) is 0. The SMILES string of the molecule is CC.Cc1ccc(C#Cc2ccccc2)cc1[N+](=O)[O-]. The molecule has 3 nitrogen and oxygen atoms in total. The zero-order valence-electron chi connectivity index (χ0n) is 11.9. The lowest BCUT2D eigenvalue weighted by Crippen LogP contribution is -1.92. The Kier molecular flexibility index (Phi) is 5.99. The van der Waals surface area contributed by atoms with Gasteiger partial charge in [0.1, 0.15) is 0 Å². The van der Waals surface area contributed by atoms with E-state index in [-0.39, 0.29) is 10.6 Å². The minimum Gasteiger partial charge on any atom is -0.258 e. The van der Waals surface area contributed by atoms with Crippen LogP contribution in [0.1, 0.15) is 30.5 Å². The highest BCUT2D eigenvalue weighted by atomic mass is 16.6. The van der Waals surface area contributed by atoms with Gasteiger partial charge in [-0.3, -0.25) is 10.1 Å². The van der Waals surface area contributed by atoms with Gasteiger partial charge in [-0.15, -0.1) is 0 Å². The van der Waals surface area contributed by atoms with Crippen LogP contribution in [-0.2, 0) is 0 Å². The summed E-state index contributed by atoms with van der Waals surface area (Å²) in [5.41, 5.74) is 2.29. The molecule has 0 saturated carbocycles. The average molecular weight is 267 g/mol. The Labute approximate surface area is 119 Å². The fourth-order valence-corrected chi connectivity index (χ4v) is 1.55. The number of benzene rings is 2. The molecule has 0 aliphatic heterocycles. The summed E-state index contributed by atoms with van der Waals surface area (Å²) in [6.45, 7) is 5.71. The molecule has 2 rings (SSSR count). The Morgan fingerprint density at radius 2 is 1.55 bits per heavy atom. The molecule has 2 aromatic carbocycles. The molecular formula is C17H17NO2. The number of hydrogen-bond acceptors (Lipinski definition) is 2. The van der Waals surface area contributed by atoms with Crippen molar-refractivity contribution in [2.75, 3.05) is 0 Å². The lowest BCUT2D eigenvalue weighted by Gasteiger charge is -1.96. The smallest absolute Gasteiger partial charge is 0.258 e. The number of nitro benzene ring substituents is 1. The second-order valence-corrected chi connectivity index (χ2v) is 3.87. The number of rotatable bonds is 1. The first kappa shape index (κ1) is 15.5. The lowest BCUT2D eigenvalue weighted by molar-refractivity contribution is -0.385. The third-order valence-electron chi connectivity index (χ3n) is 2.53. The second-order valence-electron chi connectivity index (χ2n) is 3.87. The molecule has 0 atom stereocenters. The zero-order valence-corrected chi connectivity index (χ0v) is 11.9. The molecule has 0 saturated heterocycles. The van der Waals surface area contributed by atoms with Gasteiger partial charge in [-0.25, -0.2) is 0 Å². The van der Waals surface area contributed by atoms with E-state index >= 15 is 0 Å². The van der Waals surface area contributed by atoms with Gasteiger partial charge in [0.25, 0.3) is 5.69 Å². The molecule has 2 aromatic rings. The minimum absolute atomic E-state index is 0.106. The highest BCUT2D eigenvalue weighted by Gasteiger charge is 2.09. The average Bonchev–Trinajstić information content (AvgIpc) is 2.49. The monoisotopic (exact) mass is 267 g/mol. The van der Waals surface area contributed by atoms with Crippen molar-refractivity contribution in [3.05, 3.63) is 75.3 Å². The maximum absolute atomic E-state index is 10.8. The Balaban J connectivity index is 0.000000956. The lowest BCUT2D eigenvalue weighted by atomic mass is 10.1. The van der Waals surface area contributed by atoms with E-state index in [0.717, 1.165) is 5.56 Å². The van der Waals surface area contributed by atoms with E-state index in [4.69, 9.17) is 0 Å². The Hall–Kier alpha value is -2.60. The van der Waals surface area contributed by atoms with Gasteiger partial charge >= 0.3 is 0 Å². The third-order valence-corrected chi connectivity index (χ3v) is 2.53. The first-order chi connectivity index (χ1) is 9.66. The Bertz CT molecular complexity index is 637. The predicted octanol–water partition coefficient (Wildman–Crippen LogP) is 4.33. The van der Waals surface area contributed by atoms with Crippen molar-refractivity contribution in [1.29, 1.82) is 0 Å². The maximum Gasteiger partial charge on any atom is 0.273 e. The molecule has 0 amide bonds. The van der Waals surface area contributed by atoms with E-state index in [0.29, 0.717) is 11.1 Å². The first-order valence-electron chi connectivity index (χ1n) is 6.49. The van der Waals surface area contributed by atoms with Crippen LogP contribution >= 0.6 is 0 Å². The van der Waals surface area contributed by atoms with Crippen molar-refractivity contribution in [2.24, 2.45) is 0 Å². The highest BCUT2D eigenvalue weighted by Crippen LogP contribution is 2.18. The van der Waals surface area contributed by atoms with Gasteiger partial charge < -0.3 is 0 Å². The van der Waals surface area contributed by atoms with Gasteiger partial charge in [-0.05, 0) is 25.1 Å². The number of aryl methyl sites for hydroxylation is 1. The summed E-state index contributed by atoms with van der Waals surface area (Å²) in [5.74, 6) is 5.90. The first-order valence-corrected chi connectivity index (χ1v) is 6.49. The van der Waals surface area contributed by atoms with Crippen LogP contribution in [0.4, 0.5) is 5.69 Å². The molecule has 0 spiro atoms. The van der Waals surface area contributed by atoms with Crippen LogP contribution in [0.25, 0.3) is 0 Å². The number of nitro groups is 1. The van der Waals surface area contributed by atoms with E-state index in [1.54, 1.807) is 19.1 Å². The molecule has 102 valence electrons. The number of nitrogens with zero attached hydrogens (tertiary/aromatic N) is 1. The van der Waals surface area contributed by atoms with Crippen LogP contribution in [0.3, 0.4) is 0 Å². The second kappa shape index (κ2) is 7.75. The van der Waals surface area contributed by atoms with Crippen LogP contribution in [0, 0.1) is 28.9 Å². The number of hydrogen-bond donors (Lipinski definition) is 0. The summed E-state index contributed by atoms with van der Waals surface area (Å²) >= 11 is 0. The van der Waals surface area contributed by atoms with E-state index in [9.17, 15) is 10.1 Å². The molecule has 20 heavy (non-hydrogen) atoms. The topological polar surface area (TPSA) is 43.1 Å². The molecule has 0 unspecified atom stereocenters. The molecule has 0 radical (unpaired) electrons. The van der Waals surface area contributed by atoms with Gasteiger partial charge in [0.05, 0.1) is 4.92 Å². The molecule has 0 bridgehead atoms. The molecule has 0 heterocycles. The molecule has 0 aromatic heterocycles. The molecule has 0 N–H and O–H groups in total. The Morgan fingerprint density at radius 1 is 0.950 bits per heavy atom. The summed E-state index contributed by atoms with van der Waals surface area (Å²) in [6.07, 6.45) is 0. The van der Waals surface area contributed by atoms with Crippen molar-refractivity contribution in [1.82, 2.24) is 0 Å². The van der Waals surface area contributed by atoms with E-state index < -0.39 is 0 Å². The maximum atomic E-state index is 10.8. The Morgan fingerprint density at radius 3 is 2.15 bits per heavy atom. The van der Waals surface area contributed by atoms with Gasteiger partial charge in [0.2, 0.25) is 0 Å². The summed E-state index contributed by atoms with van der Waals surface area (Å²) in [5, 5.41) is 10.8. The van der Waals surface area contributed by atoms with Crippen molar-refractivity contribution < 1.29 is 4.92 Å². The van der Waals surface area contributed by atoms with E-state index in [1.807, 2.05) is 44.2 Å². The van der Waals surface area contributed by atoms with E-state index in [1.165, 1.54) is 6.07 Å². The highest BCUT2D eigenvalue weighted by molar-refractivity contribution is 5.50. The van der Waals surface area contributed by atoms with Crippen LogP contribution in [0.2, 0.25) is 0 Å². The summed E-state index contributed by atoms with van der Waals surface area (Å²) in [6, 6.07) is 14.5. The van der Waals surface area contributed by atoms with Crippen LogP contribution < -0.4 is 0 Å². The fourth-order valence-electron chi connectivity index (χ4n) is 1.55. The van der Waals surface area contributed by atoms with Gasteiger partial charge in [0, 0.05) is 22.8 Å². The molecule has 3 heteroatoms. The van der Waals surface area contributed by atoms with Crippen molar-refractivity contribution in [3.8, 4) is 11.8 Å². The van der Waals surface area contributed by atoms with Crippen molar-refractivity contribution in [2.45, 2.75) is 20.8 Å². The predicted molar refractivity (Wildman–Crippen MR) is 81.6 cm³/mol. The molecule has 0 aliphatic carbocycles. The van der Waals surface area contributed by atoms with Crippen LogP contribution in [0.5, 0.6) is 0 Å². The van der Waals surface area contributed by atoms with Gasteiger partial charge in [0.15, 0.2) is 0 Å².